The van der Waals surface area contributed by atoms with Crippen molar-refractivity contribution in [3.05, 3.63) is 24.3 Å². The standard InChI is InChI=1S/C75H145NO5/c1-3-5-7-9-11-13-15-17-18-19-38-41-45-49-53-57-61-65-69-75(80)81-70-66-62-58-54-50-46-42-39-36-34-32-30-28-26-24-22-20-21-23-25-27-29-31-33-35-37-40-44-48-52-56-60-64-68-74(79)76-72(71-77)73(78)67-63-59-55-51-47-43-16-14-12-10-8-6-4-2/h24,26,63,67,72-73,77-78H,3-23,25,27-62,64-66,68-71H2,1-2H3,(H,76,79)/b26-24-,67-63+. The number of amides is 1. The van der Waals surface area contributed by atoms with Gasteiger partial charge in [-0.15, -0.1) is 0 Å². The summed E-state index contributed by atoms with van der Waals surface area (Å²) in [5.74, 6) is -0.0395. The van der Waals surface area contributed by atoms with E-state index in [9.17, 15) is 19.8 Å². The Kier molecular flexibility index (Phi) is 69.4. The molecular weight excluding hydrogens is 995 g/mol. The van der Waals surface area contributed by atoms with E-state index in [1.807, 2.05) is 6.08 Å². The molecular formula is C75H145NO5. The molecule has 0 heterocycles. The van der Waals surface area contributed by atoms with Crippen molar-refractivity contribution >= 4 is 11.9 Å². The number of hydrogen-bond donors (Lipinski definition) is 3. The molecule has 0 aliphatic carbocycles. The Balaban J connectivity index is 3.33. The number of hydrogen-bond acceptors (Lipinski definition) is 5. The number of nitrogens with one attached hydrogen (secondary N) is 1. The fourth-order valence-corrected chi connectivity index (χ4v) is 11.8. The normalized spacial score (nSPS) is 12.6. The SMILES string of the molecule is CCCCCCCCCCCCC/C=C/C(O)C(CO)NC(=O)CCCCCCCCCCCCCCCCCCC/C=C\CCCCCCCCCCCCCCOC(=O)CCCCCCCCCCCCCCCCCCCC. The molecule has 480 valence electrons. The van der Waals surface area contributed by atoms with E-state index < -0.39 is 12.1 Å². The summed E-state index contributed by atoms with van der Waals surface area (Å²) in [6, 6.07) is -0.624. The zero-order valence-corrected chi connectivity index (χ0v) is 55.0. The van der Waals surface area contributed by atoms with Crippen molar-refractivity contribution in [2.75, 3.05) is 13.2 Å². The summed E-state index contributed by atoms with van der Waals surface area (Å²) in [6.07, 6.45) is 90.0. The maximum Gasteiger partial charge on any atom is 0.305 e. The van der Waals surface area contributed by atoms with Crippen molar-refractivity contribution in [2.45, 2.75) is 431 Å². The average Bonchev–Trinajstić information content (AvgIpc) is 3.47. The smallest absolute Gasteiger partial charge is 0.305 e. The summed E-state index contributed by atoms with van der Waals surface area (Å²) < 4.78 is 5.51. The van der Waals surface area contributed by atoms with Gasteiger partial charge in [0.25, 0.3) is 0 Å². The Bertz CT molecular complexity index is 1270. The Hall–Kier alpha value is -1.66. The maximum absolute atomic E-state index is 12.5. The molecule has 0 aromatic heterocycles. The third-order valence-electron chi connectivity index (χ3n) is 17.5. The van der Waals surface area contributed by atoms with Gasteiger partial charge in [-0.3, -0.25) is 9.59 Å². The largest absolute Gasteiger partial charge is 0.466 e. The molecule has 1 amide bonds. The van der Waals surface area contributed by atoms with Gasteiger partial charge in [-0.05, 0) is 57.8 Å². The van der Waals surface area contributed by atoms with E-state index in [2.05, 4.69) is 31.3 Å². The van der Waals surface area contributed by atoms with Crippen LogP contribution < -0.4 is 5.32 Å². The summed E-state index contributed by atoms with van der Waals surface area (Å²) in [7, 11) is 0. The van der Waals surface area contributed by atoms with E-state index in [-0.39, 0.29) is 18.5 Å². The Morgan fingerprint density at radius 2 is 0.580 bits per heavy atom. The van der Waals surface area contributed by atoms with Crippen molar-refractivity contribution in [1.82, 2.24) is 5.32 Å². The molecule has 3 N–H and O–H groups in total. The highest BCUT2D eigenvalue weighted by Crippen LogP contribution is 2.19. The van der Waals surface area contributed by atoms with E-state index >= 15 is 0 Å². The van der Waals surface area contributed by atoms with Gasteiger partial charge in [0.2, 0.25) is 5.91 Å². The van der Waals surface area contributed by atoms with Crippen LogP contribution in [-0.4, -0.2) is 47.4 Å². The van der Waals surface area contributed by atoms with Gasteiger partial charge in [-0.25, -0.2) is 0 Å². The number of aliphatic hydroxyl groups is 2. The summed E-state index contributed by atoms with van der Waals surface area (Å²) in [5, 5.41) is 23.1. The Morgan fingerprint density at radius 3 is 0.877 bits per heavy atom. The maximum atomic E-state index is 12.5. The lowest BCUT2D eigenvalue weighted by Crippen LogP contribution is -2.45. The quantitative estimate of drug-likeness (QED) is 0.0320. The number of esters is 1. The number of carbonyl (C=O) groups is 2. The van der Waals surface area contributed by atoms with Crippen molar-refractivity contribution in [1.29, 1.82) is 0 Å². The molecule has 0 radical (unpaired) electrons. The highest BCUT2D eigenvalue weighted by Gasteiger charge is 2.18. The van der Waals surface area contributed by atoms with Crippen LogP contribution in [0, 0.1) is 0 Å². The predicted octanol–water partition coefficient (Wildman–Crippen LogP) is 24.1. The van der Waals surface area contributed by atoms with Crippen LogP contribution in [0.15, 0.2) is 24.3 Å². The third kappa shape index (κ3) is 67.3. The van der Waals surface area contributed by atoms with E-state index in [1.54, 1.807) is 6.08 Å². The van der Waals surface area contributed by atoms with Crippen LogP contribution in [0.1, 0.15) is 418 Å². The van der Waals surface area contributed by atoms with Crippen LogP contribution in [0.25, 0.3) is 0 Å². The molecule has 81 heavy (non-hydrogen) atoms. The highest BCUT2D eigenvalue weighted by molar-refractivity contribution is 5.76. The first-order valence-corrected chi connectivity index (χ1v) is 37.1. The van der Waals surface area contributed by atoms with Gasteiger partial charge < -0.3 is 20.3 Å². The van der Waals surface area contributed by atoms with E-state index in [4.69, 9.17) is 4.74 Å². The molecule has 0 saturated carbocycles. The molecule has 6 heteroatoms. The lowest BCUT2D eigenvalue weighted by molar-refractivity contribution is -0.143. The van der Waals surface area contributed by atoms with Crippen molar-refractivity contribution in [2.24, 2.45) is 0 Å². The lowest BCUT2D eigenvalue weighted by atomic mass is 10.0. The summed E-state index contributed by atoms with van der Waals surface area (Å²) >= 11 is 0. The molecule has 2 unspecified atom stereocenters. The first kappa shape index (κ1) is 79.3. The van der Waals surface area contributed by atoms with E-state index in [1.165, 1.54) is 353 Å². The molecule has 0 aliphatic rings. The number of unbranched alkanes of at least 4 members (excludes halogenated alkanes) is 57. The van der Waals surface area contributed by atoms with Gasteiger partial charge in [0.1, 0.15) is 0 Å². The van der Waals surface area contributed by atoms with Gasteiger partial charge in [0.15, 0.2) is 0 Å². The summed E-state index contributed by atoms with van der Waals surface area (Å²) in [5.41, 5.74) is 0. The minimum atomic E-state index is -0.841. The van der Waals surface area contributed by atoms with Crippen LogP contribution >= 0.6 is 0 Å². The molecule has 6 nitrogen and oxygen atoms in total. The number of allylic oxidation sites excluding steroid dienone is 3. The first-order valence-electron chi connectivity index (χ1n) is 37.1. The van der Waals surface area contributed by atoms with Crippen LogP contribution in [0.5, 0.6) is 0 Å². The van der Waals surface area contributed by atoms with Gasteiger partial charge in [-0.1, -0.05) is 372 Å². The number of aliphatic hydroxyl groups excluding tert-OH is 2. The summed E-state index contributed by atoms with van der Waals surface area (Å²) in [6.45, 7) is 4.94. The second kappa shape index (κ2) is 70.8. The molecule has 0 rings (SSSR count). The van der Waals surface area contributed by atoms with Crippen molar-refractivity contribution in [3.8, 4) is 0 Å². The first-order chi connectivity index (χ1) is 40.0. The van der Waals surface area contributed by atoms with Crippen LogP contribution in [0.2, 0.25) is 0 Å². The third-order valence-corrected chi connectivity index (χ3v) is 17.5. The Morgan fingerprint density at radius 1 is 0.333 bits per heavy atom. The molecule has 0 bridgehead atoms. The molecule has 2 atom stereocenters. The zero-order chi connectivity index (χ0) is 58.5. The van der Waals surface area contributed by atoms with Gasteiger partial charge in [-0.2, -0.15) is 0 Å². The minimum absolute atomic E-state index is 0.0236. The van der Waals surface area contributed by atoms with E-state index in [0.29, 0.717) is 19.4 Å². The molecule has 0 aromatic rings. The molecule has 0 fully saturated rings. The number of carbonyl (C=O) groups excluding carboxylic acids is 2. The lowest BCUT2D eigenvalue weighted by Gasteiger charge is -2.20. The van der Waals surface area contributed by atoms with Crippen molar-refractivity contribution < 1.29 is 24.5 Å². The molecule has 0 aliphatic heterocycles. The molecule has 0 saturated heterocycles. The second-order valence-electron chi connectivity index (χ2n) is 25.6. The van der Waals surface area contributed by atoms with Crippen LogP contribution in [-0.2, 0) is 14.3 Å². The average molecular weight is 1140 g/mol. The Labute approximate surface area is 507 Å². The van der Waals surface area contributed by atoms with E-state index in [0.717, 1.165) is 38.5 Å². The van der Waals surface area contributed by atoms with Gasteiger partial charge >= 0.3 is 5.97 Å². The molecule has 0 aromatic carbocycles. The van der Waals surface area contributed by atoms with Crippen LogP contribution in [0.3, 0.4) is 0 Å². The zero-order valence-electron chi connectivity index (χ0n) is 55.0. The van der Waals surface area contributed by atoms with Gasteiger partial charge in [0, 0.05) is 12.8 Å². The fourth-order valence-electron chi connectivity index (χ4n) is 11.8. The predicted molar refractivity (Wildman–Crippen MR) is 356 cm³/mol. The number of ether oxygens (including phenoxy) is 1. The second-order valence-corrected chi connectivity index (χ2v) is 25.6. The minimum Gasteiger partial charge on any atom is -0.466 e. The molecule has 0 spiro atoms. The summed E-state index contributed by atoms with van der Waals surface area (Å²) in [4.78, 5) is 24.6. The topological polar surface area (TPSA) is 95.9 Å². The van der Waals surface area contributed by atoms with Gasteiger partial charge in [0.05, 0.1) is 25.4 Å². The highest BCUT2D eigenvalue weighted by atomic mass is 16.5. The number of rotatable bonds is 70. The van der Waals surface area contributed by atoms with Crippen molar-refractivity contribution in [3.63, 3.8) is 0 Å². The monoisotopic (exact) mass is 1140 g/mol. The van der Waals surface area contributed by atoms with Crippen LogP contribution in [0.4, 0.5) is 0 Å². The fraction of sp³-hybridized carbons (Fsp3) is 0.920.